The maximum absolute atomic E-state index is 10.5. The van der Waals surface area contributed by atoms with Gasteiger partial charge in [0.1, 0.15) is 6.10 Å². The van der Waals surface area contributed by atoms with Crippen molar-refractivity contribution in [3.63, 3.8) is 0 Å². The molecular formula is C15H14N2O. The minimum absolute atomic E-state index is 0.644. The number of fused-ring (bicyclic) bond motifs is 1. The van der Waals surface area contributed by atoms with Crippen molar-refractivity contribution in [3.8, 4) is 0 Å². The van der Waals surface area contributed by atoms with Crippen molar-refractivity contribution in [2.45, 2.75) is 13.0 Å². The van der Waals surface area contributed by atoms with Gasteiger partial charge < -0.3 is 10.1 Å². The van der Waals surface area contributed by atoms with Gasteiger partial charge >= 0.3 is 0 Å². The van der Waals surface area contributed by atoms with Gasteiger partial charge in [0.25, 0.3) is 0 Å². The quantitative estimate of drug-likeness (QED) is 0.721. The van der Waals surface area contributed by atoms with Crippen LogP contribution in [0.25, 0.3) is 10.9 Å². The van der Waals surface area contributed by atoms with E-state index in [0.29, 0.717) is 0 Å². The highest BCUT2D eigenvalue weighted by Gasteiger charge is 2.17. The zero-order chi connectivity index (χ0) is 12.5. The number of aromatic amines is 1. The van der Waals surface area contributed by atoms with Gasteiger partial charge in [0, 0.05) is 40.1 Å². The summed E-state index contributed by atoms with van der Waals surface area (Å²) in [7, 11) is 0. The minimum atomic E-state index is -0.644. The van der Waals surface area contributed by atoms with Gasteiger partial charge in [0.15, 0.2) is 0 Å². The van der Waals surface area contributed by atoms with Crippen molar-refractivity contribution < 1.29 is 5.11 Å². The molecule has 18 heavy (non-hydrogen) atoms. The molecule has 90 valence electrons. The normalized spacial score (nSPS) is 12.8. The lowest BCUT2D eigenvalue weighted by Gasteiger charge is -2.11. The Morgan fingerprint density at radius 1 is 1.17 bits per heavy atom. The Morgan fingerprint density at radius 3 is 2.78 bits per heavy atom. The summed E-state index contributed by atoms with van der Waals surface area (Å²) >= 11 is 0. The van der Waals surface area contributed by atoms with E-state index in [4.69, 9.17) is 0 Å². The molecule has 3 aromatic rings. The number of H-pyrrole nitrogens is 1. The molecule has 3 rings (SSSR count). The third kappa shape index (κ3) is 1.69. The molecule has 0 aliphatic heterocycles. The standard InChI is InChI=1S/C15H14N2O/c1-10-14(12-6-2-3-7-13(12)17-10)15(18)11-5-4-8-16-9-11/h2-9,15,17-18H,1H3/t15-/m0/s1. The van der Waals surface area contributed by atoms with Crippen molar-refractivity contribution in [2.24, 2.45) is 0 Å². The second-order valence-electron chi connectivity index (χ2n) is 4.40. The Balaban J connectivity index is 2.17. The Bertz CT molecular complexity index is 673. The molecule has 3 heteroatoms. The predicted molar refractivity (Wildman–Crippen MR) is 71.3 cm³/mol. The summed E-state index contributed by atoms with van der Waals surface area (Å²) in [5, 5.41) is 11.6. The highest BCUT2D eigenvalue weighted by atomic mass is 16.3. The number of aliphatic hydroxyl groups is 1. The SMILES string of the molecule is Cc1[nH]c2ccccc2c1[C@@H](O)c1cccnc1. The predicted octanol–water partition coefficient (Wildman–Crippen LogP) is 2.95. The van der Waals surface area contributed by atoms with Gasteiger partial charge in [-0.2, -0.15) is 0 Å². The molecule has 0 aliphatic carbocycles. The molecule has 0 unspecified atom stereocenters. The average Bonchev–Trinajstić information content (AvgIpc) is 2.75. The average molecular weight is 238 g/mol. The zero-order valence-corrected chi connectivity index (χ0v) is 10.1. The number of pyridine rings is 1. The summed E-state index contributed by atoms with van der Waals surface area (Å²) in [6.07, 6.45) is 2.76. The van der Waals surface area contributed by atoms with E-state index in [1.165, 1.54) is 0 Å². The van der Waals surface area contributed by atoms with Gasteiger partial charge in [-0.05, 0) is 19.1 Å². The fraction of sp³-hybridized carbons (Fsp3) is 0.133. The lowest BCUT2D eigenvalue weighted by atomic mass is 10.0. The van der Waals surface area contributed by atoms with E-state index in [0.717, 1.165) is 27.7 Å². The summed E-state index contributed by atoms with van der Waals surface area (Å²) < 4.78 is 0. The molecule has 1 aromatic carbocycles. The molecule has 0 saturated carbocycles. The van der Waals surface area contributed by atoms with Gasteiger partial charge in [-0.1, -0.05) is 24.3 Å². The van der Waals surface area contributed by atoms with Crippen molar-refractivity contribution in [1.82, 2.24) is 9.97 Å². The molecule has 0 spiro atoms. The Hall–Kier alpha value is -2.13. The summed E-state index contributed by atoms with van der Waals surface area (Å²) in [5.74, 6) is 0. The molecule has 0 fully saturated rings. The second-order valence-corrected chi connectivity index (χ2v) is 4.40. The van der Waals surface area contributed by atoms with E-state index in [1.54, 1.807) is 12.4 Å². The number of nitrogens with one attached hydrogen (secondary N) is 1. The maximum Gasteiger partial charge on any atom is 0.108 e. The summed E-state index contributed by atoms with van der Waals surface area (Å²) in [6.45, 7) is 1.98. The molecule has 0 amide bonds. The first-order valence-electron chi connectivity index (χ1n) is 5.92. The van der Waals surface area contributed by atoms with Crippen LogP contribution in [-0.2, 0) is 0 Å². The van der Waals surface area contributed by atoms with Crippen LogP contribution in [0.1, 0.15) is 22.9 Å². The molecule has 0 saturated heterocycles. The summed E-state index contributed by atoms with van der Waals surface area (Å²) in [6, 6.07) is 11.7. The molecule has 2 heterocycles. The molecule has 2 aromatic heterocycles. The highest BCUT2D eigenvalue weighted by molar-refractivity contribution is 5.85. The van der Waals surface area contributed by atoms with Crippen molar-refractivity contribution >= 4 is 10.9 Å². The lowest BCUT2D eigenvalue weighted by Crippen LogP contribution is -2.01. The van der Waals surface area contributed by atoms with E-state index in [9.17, 15) is 5.11 Å². The van der Waals surface area contributed by atoms with Crippen molar-refractivity contribution in [1.29, 1.82) is 0 Å². The topological polar surface area (TPSA) is 48.9 Å². The van der Waals surface area contributed by atoms with E-state index in [2.05, 4.69) is 9.97 Å². The fourth-order valence-corrected chi connectivity index (χ4v) is 2.36. The van der Waals surface area contributed by atoms with E-state index in [-0.39, 0.29) is 0 Å². The molecule has 3 nitrogen and oxygen atoms in total. The smallest absolute Gasteiger partial charge is 0.108 e. The number of hydrogen-bond acceptors (Lipinski definition) is 2. The van der Waals surface area contributed by atoms with Crippen LogP contribution in [0.2, 0.25) is 0 Å². The van der Waals surface area contributed by atoms with Gasteiger partial charge in [0.05, 0.1) is 0 Å². The summed E-state index contributed by atoms with van der Waals surface area (Å²) in [4.78, 5) is 7.35. The molecule has 0 radical (unpaired) electrons. The third-order valence-electron chi connectivity index (χ3n) is 3.22. The van der Waals surface area contributed by atoms with Crippen molar-refractivity contribution in [2.75, 3.05) is 0 Å². The van der Waals surface area contributed by atoms with Crippen LogP contribution >= 0.6 is 0 Å². The number of aromatic nitrogens is 2. The van der Waals surface area contributed by atoms with Crippen molar-refractivity contribution in [3.05, 3.63) is 65.6 Å². The molecule has 0 aliphatic rings. The summed E-state index contributed by atoms with van der Waals surface area (Å²) in [5.41, 5.74) is 3.78. The van der Waals surface area contributed by atoms with E-state index in [1.807, 2.05) is 43.3 Å². The van der Waals surface area contributed by atoms with Gasteiger partial charge in [0.2, 0.25) is 0 Å². The Morgan fingerprint density at radius 2 is 2.00 bits per heavy atom. The van der Waals surface area contributed by atoms with Gasteiger partial charge in [-0.3, -0.25) is 4.98 Å². The lowest BCUT2D eigenvalue weighted by molar-refractivity contribution is 0.220. The number of benzene rings is 1. The van der Waals surface area contributed by atoms with Gasteiger partial charge in [-0.15, -0.1) is 0 Å². The maximum atomic E-state index is 10.5. The Labute approximate surface area is 105 Å². The van der Waals surface area contributed by atoms with E-state index < -0.39 is 6.10 Å². The number of aliphatic hydroxyl groups excluding tert-OH is 1. The third-order valence-corrected chi connectivity index (χ3v) is 3.22. The van der Waals surface area contributed by atoms with Crippen LogP contribution in [0.5, 0.6) is 0 Å². The molecular weight excluding hydrogens is 224 g/mol. The second kappa shape index (κ2) is 4.27. The monoisotopic (exact) mass is 238 g/mol. The first kappa shape index (κ1) is 11.0. The van der Waals surface area contributed by atoms with E-state index >= 15 is 0 Å². The van der Waals surface area contributed by atoms with Crippen LogP contribution < -0.4 is 0 Å². The van der Waals surface area contributed by atoms with Crippen LogP contribution in [-0.4, -0.2) is 15.1 Å². The highest BCUT2D eigenvalue weighted by Crippen LogP contribution is 2.31. The van der Waals surface area contributed by atoms with Crippen LogP contribution in [0.15, 0.2) is 48.8 Å². The minimum Gasteiger partial charge on any atom is -0.384 e. The number of aryl methyl sites for hydroxylation is 1. The van der Waals surface area contributed by atoms with Crippen LogP contribution in [0.3, 0.4) is 0 Å². The number of rotatable bonds is 2. The van der Waals surface area contributed by atoms with Crippen LogP contribution in [0.4, 0.5) is 0 Å². The largest absolute Gasteiger partial charge is 0.384 e. The van der Waals surface area contributed by atoms with Crippen LogP contribution in [0, 0.1) is 6.92 Å². The number of nitrogens with zero attached hydrogens (tertiary/aromatic N) is 1. The number of hydrogen-bond donors (Lipinski definition) is 2. The number of para-hydroxylation sites is 1. The molecule has 2 N–H and O–H groups in total. The molecule has 1 atom stereocenters. The first-order chi connectivity index (χ1) is 8.77. The first-order valence-corrected chi connectivity index (χ1v) is 5.92. The zero-order valence-electron chi connectivity index (χ0n) is 10.1. The fourth-order valence-electron chi connectivity index (χ4n) is 2.36. The van der Waals surface area contributed by atoms with Gasteiger partial charge in [-0.25, -0.2) is 0 Å². The molecule has 0 bridgehead atoms. The Kier molecular flexibility index (Phi) is 2.61.